The monoisotopic (exact) mass is 223 g/mol. The molecule has 0 saturated heterocycles. The van der Waals surface area contributed by atoms with Crippen molar-refractivity contribution in [2.75, 3.05) is 7.05 Å². The number of rotatable bonds is 6. The number of hydrogen-bond acceptors (Lipinski definition) is 2. The molecule has 92 valence electrons. The second-order valence-corrected chi connectivity index (χ2v) is 4.91. The van der Waals surface area contributed by atoms with Gasteiger partial charge in [0.1, 0.15) is 0 Å². The summed E-state index contributed by atoms with van der Waals surface area (Å²) in [6.07, 6.45) is 2.29. The lowest BCUT2D eigenvalue weighted by atomic mass is 10.00. The van der Waals surface area contributed by atoms with Gasteiger partial charge in [-0.3, -0.25) is 4.68 Å². The van der Waals surface area contributed by atoms with Crippen LogP contribution in [0.15, 0.2) is 6.07 Å². The molecule has 1 atom stereocenters. The third-order valence-corrected chi connectivity index (χ3v) is 2.90. The molecule has 1 unspecified atom stereocenters. The lowest BCUT2D eigenvalue weighted by molar-refractivity contribution is 0.429. The number of nitrogens with one attached hydrogen (secondary N) is 1. The minimum absolute atomic E-state index is 0.557. The second kappa shape index (κ2) is 6.04. The maximum absolute atomic E-state index is 4.48. The first kappa shape index (κ1) is 13.2. The van der Waals surface area contributed by atoms with Crippen LogP contribution in [0.3, 0.4) is 0 Å². The molecule has 3 heteroatoms. The zero-order valence-corrected chi connectivity index (χ0v) is 11.2. The van der Waals surface area contributed by atoms with E-state index in [4.69, 9.17) is 0 Å². The van der Waals surface area contributed by atoms with Gasteiger partial charge in [0.2, 0.25) is 0 Å². The minimum Gasteiger partial charge on any atom is -0.317 e. The maximum Gasteiger partial charge on any atom is 0.0596 e. The Morgan fingerprint density at radius 3 is 2.62 bits per heavy atom. The van der Waals surface area contributed by atoms with Crippen LogP contribution in [-0.4, -0.2) is 22.9 Å². The number of aromatic nitrogens is 2. The summed E-state index contributed by atoms with van der Waals surface area (Å²) in [6.45, 7) is 9.71. The Morgan fingerprint density at radius 1 is 1.44 bits per heavy atom. The van der Waals surface area contributed by atoms with Crippen molar-refractivity contribution < 1.29 is 0 Å². The summed E-state index contributed by atoms with van der Waals surface area (Å²) in [5, 5.41) is 7.89. The Hall–Kier alpha value is -0.830. The van der Waals surface area contributed by atoms with Gasteiger partial charge in [0.15, 0.2) is 0 Å². The Kier molecular flexibility index (Phi) is 5.00. The number of nitrogens with zero attached hydrogens (tertiary/aromatic N) is 2. The molecule has 1 aromatic heterocycles. The molecule has 1 aromatic rings. The van der Waals surface area contributed by atoms with Gasteiger partial charge in [0, 0.05) is 24.7 Å². The van der Waals surface area contributed by atoms with Crippen molar-refractivity contribution in [2.45, 2.75) is 53.1 Å². The lowest BCUT2D eigenvalue weighted by Crippen LogP contribution is -2.30. The highest BCUT2D eigenvalue weighted by atomic mass is 15.3. The molecule has 3 nitrogen and oxygen atoms in total. The molecule has 0 spiro atoms. The summed E-state index contributed by atoms with van der Waals surface area (Å²) < 4.78 is 2.11. The fraction of sp³-hybridized carbons (Fsp3) is 0.769. The smallest absolute Gasteiger partial charge is 0.0596 e. The Morgan fingerprint density at radius 2 is 2.12 bits per heavy atom. The molecule has 0 aliphatic carbocycles. The van der Waals surface area contributed by atoms with Crippen molar-refractivity contribution in [3.8, 4) is 0 Å². The van der Waals surface area contributed by atoms with Gasteiger partial charge in [-0.2, -0.15) is 5.10 Å². The lowest BCUT2D eigenvalue weighted by Gasteiger charge is -2.18. The Bertz CT molecular complexity index is 315. The van der Waals surface area contributed by atoms with Gasteiger partial charge in [-0.25, -0.2) is 0 Å². The zero-order chi connectivity index (χ0) is 12.1. The van der Waals surface area contributed by atoms with Crippen LogP contribution in [-0.2, 0) is 13.0 Å². The average Bonchev–Trinajstić information content (AvgIpc) is 2.57. The van der Waals surface area contributed by atoms with Crippen LogP contribution in [0, 0.1) is 12.8 Å². The molecule has 1 heterocycles. The summed E-state index contributed by atoms with van der Waals surface area (Å²) in [4.78, 5) is 0. The largest absolute Gasteiger partial charge is 0.317 e. The first-order valence-corrected chi connectivity index (χ1v) is 6.27. The standard InChI is InChI=1S/C13H25N3/c1-6-16-13(8-11(4)15-16)9-12(14-5)7-10(2)3/h8,10,12,14H,6-7,9H2,1-5H3. The highest BCUT2D eigenvalue weighted by Crippen LogP contribution is 2.12. The van der Waals surface area contributed by atoms with E-state index in [1.807, 2.05) is 7.05 Å². The number of aryl methyl sites for hydroxylation is 2. The van der Waals surface area contributed by atoms with Gasteiger partial charge in [-0.15, -0.1) is 0 Å². The molecular formula is C13H25N3. The van der Waals surface area contributed by atoms with Crippen LogP contribution < -0.4 is 5.32 Å². The molecule has 0 aromatic carbocycles. The zero-order valence-electron chi connectivity index (χ0n) is 11.2. The fourth-order valence-corrected chi connectivity index (χ4v) is 2.16. The van der Waals surface area contributed by atoms with Gasteiger partial charge in [0.25, 0.3) is 0 Å². The van der Waals surface area contributed by atoms with E-state index in [9.17, 15) is 0 Å². The van der Waals surface area contributed by atoms with Gasteiger partial charge in [-0.1, -0.05) is 13.8 Å². The van der Waals surface area contributed by atoms with E-state index in [1.165, 1.54) is 12.1 Å². The Labute approximate surface area is 99.2 Å². The molecule has 0 bridgehead atoms. The van der Waals surface area contributed by atoms with Crippen molar-refractivity contribution in [2.24, 2.45) is 5.92 Å². The SMILES string of the molecule is CCn1nc(C)cc1CC(CC(C)C)NC. The van der Waals surface area contributed by atoms with Crippen LogP contribution in [0.5, 0.6) is 0 Å². The molecule has 0 radical (unpaired) electrons. The van der Waals surface area contributed by atoms with Crippen molar-refractivity contribution in [1.29, 1.82) is 0 Å². The highest BCUT2D eigenvalue weighted by molar-refractivity contribution is 5.10. The average molecular weight is 223 g/mol. The van der Waals surface area contributed by atoms with Gasteiger partial charge < -0.3 is 5.32 Å². The Balaban J connectivity index is 2.69. The molecule has 0 saturated carbocycles. The third kappa shape index (κ3) is 3.63. The maximum atomic E-state index is 4.48. The minimum atomic E-state index is 0.557. The highest BCUT2D eigenvalue weighted by Gasteiger charge is 2.12. The first-order valence-electron chi connectivity index (χ1n) is 6.27. The quantitative estimate of drug-likeness (QED) is 0.802. The van der Waals surface area contributed by atoms with Crippen LogP contribution >= 0.6 is 0 Å². The van der Waals surface area contributed by atoms with Crippen LogP contribution in [0.4, 0.5) is 0 Å². The van der Waals surface area contributed by atoms with Gasteiger partial charge >= 0.3 is 0 Å². The normalized spacial score (nSPS) is 13.4. The van der Waals surface area contributed by atoms with Crippen LogP contribution in [0.1, 0.15) is 38.6 Å². The summed E-state index contributed by atoms with van der Waals surface area (Å²) in [7, 11) is 2.05. The summed E-state index contributed by atoms with van der Waals surface area (Å²) in [5.74, 6) is 0.733. The van der Waals surface area contributed by atoms with Crippen molar-refractivity contribution in [3.05, 3.63) is 17.5 Å². The first-order chi connectivity index (χ1) is 7.56. The molecule has 1 N–H and O–H groups in total. The fourth-order valence-electron chi connectivity index (χ4n) is 2.16. The summed E-state index contributed by atoms with van der Waals surface area (Å²) >= 11 is 0. The topological polar surface area (TPSA) is 29.9 Å². The van der Waals surface area contributed by atoms with E-state index in [-0.39, 0.29) is 0 Å². The van der Waals surface area contributed by atoms with E-state index in [0.717, 1.165) is 24.6 Å². The van der Waals surface area contributed by atoms with E-state index in [0.29, 0.717) is 6.04 Å². The van der Waals surface area contributed by atoms with Crippen molar-refractivity contribution in [1.82, 2.24) is 15.1 Å². The summed E-state index contributed by atoms with van der Waals surface area (Å²) in [6, 6.07) is 2.76. The van der Waals surface area contributed by atoms with Gasteiger partial charge in [-0.05, 0) is 39.3 Å². The molecule has 0 aliphatic rings. The predicted molar refractivity (Wildman–Crippen MR) is 68.6 cm³/mol. The van der Waals surface area contributed by atoms with Gasteiger partial charge in [0.05, 0.1) is 5.69 Å². The summed E-state index contributed by atoms with van der Waals surface area (Å²) in [5.41, 5.74) is 2.47. The molecular weight excluding hydrogens is 198 g/mol. The predicted octanol–water partition coefficient (Wildman–Crippen LogP) is 2.39. The third-order valence-electron chi connectivity index (χ3n) is 2.90. The van der Waals surface area contributed by atoms with Crippen molar-refractivity contribution in [3.63, 3.8) is 0 Å². The number of hydrogen-bond donors (Lipinski definition) is 1. The van der Waals surface area contributed by atoms with E-state index < -0.39 is 0 Å². The molecule has 0 fully saturated rings. The molecule has 0 aliphatic heterocycles. The molecule has 16 heavy (non-hydrogen) atoms. The molecule has 1 rings (SSSR count). The van der Waals surface area contributed by atoms with E-state index in [2.05, 4.69) is 48.9 Å². The van der Waals surface area contributed by atoms with E-state index in [1.54, 1.807) is 0 Å². The van der Waals surface area contributed by atoms with Crippen LogP contribution in [0.2, 0.25) is 0 Å². The number of likely N-dealkylation sites (N-methyl/N-ethyl adjacent to an activating group) is 1. The molecule has 0 amide bonds. The van der Waals surface area contributed by atoms with Crippen LogP contribution in [0.25, 0.3) is 0 Å². The van der Waals surface area contributed by atoms with Crippen molar-refractivity contribution >= 4 is 0 Å². The van der Waals surface area contributed by atoms with E-state index >= 15 is 0 Å². The second-order valence-electron chi connectivity index (χ2n) is 4.91.